The third kappa shape index (κ3) is 4.48. The predicted molar refractivity (Wildman–Crippen MR) is 151 cm³/mol. The third-order valence-corrected chi connectivity index (χ3v) is 8.33. The second-order valence-corrected chi connectivity index (χ2v) is 11.7. The molecule has 3 atom stereocenters. The summed E-state index contributed by atoms with van der Waals surface area (Å²) in [6.07, 6.45) is 4.59. The largest absolute Gasteiger partial charge is 0.355 e. The molecule has 1 aromatic carbocycles. The molecule has 1 amide bonds. The molecule has 8 heteroatoms. The van der Waals surface area contributed by atoms with Crippen LogP contribution in [0.15, 0.2) is 58.4 Å². The number of piperidine rings is 1. The van der Waals surface area contributed by atoms with Crippen LogP contribution in [0.1, 0.15) is 49.9 Å². The number of carbonyl (C=O) groups is 1. The zero-order chi connectivity index (χ0) is 25.6. The number of hydrogen-bond donors (Lipinski definition) is 0. The molecule has 0 aliphatic carbocycles. The van der Waals surface area contributed by atoms with Gasteiger partial charge in [-0.05, 0) is 55.4 Å². The fourth-order valence-electron chi connectivity index (χ4n) is 5.33. The topological polar surface area (TPSA) is 57.9 Å². The Labute approximate surface area is 221 Å². The van der Waals surface area contributed by atoms with Crippen LogP contribution in [0.2, 0.25) is 0 Å². The van der Waals surface area contributed by atoms with Crippen molar-refractivity contribution in [3.8, 4) is 0 Å². The highest BCUT2D eigenvalue weighted by atomic mass is 32.2. The van der Waals surface area contributed by atoms with Crippen LogP contribution in [0.5, 0.6) is 0 Å². The minimum Gasteiger partial charge on any atom is -0.355 e. The van der Waals surface area contributed by atoms with Crippen molar-refractivity contribution in [1.29, 1.82) is 0 Å². The van der Waals surface area contributed by atoms with Gasteiger partial charge in [0.2, 0.25) is 0 Å². The lowest BCUT2D eigenvalue weighted by Crippen LogP contribution is -2.40. The number of thiocarbonyl (C=S) groups is 1. The van der Waals surface area contributed by atoms with Gasteiger partial charge in [0.1, 0.15) is 15.8 Å². The molecule has 0 bridgehead atoms. The number of pyridine rings is 1. The van der Waals surface area contributed by atoms with E-state index in [1.165, 1.54) is 11.8 Å². The molecular formula is C28H30N4O2S2. The number of nitrogens with zero attached hydrogens (tertiary/aromatic N) is 4. The van der Waals surface area contributed by atoms with Crippen LogP contribution in [0.3, 0.4) is 0 Å². The van der Waals surface area contributed by atoms with Crippen molar-refractivity contribution in [3.05, 3.63) is 80.6 Å². The lowest BCUT2D eigenvalue weighted by Gasteiger charge is -2.36. The molecule has 2 aliphatic heterocycles. The molecule has 3 unspecified atom stereocenters. The summed E-state index contributed by atoms with van der Waals surface area (Å²) in [5.41, 5.74) is 2.85. The van der Waals surface area contributed by atoms with Crippen LogP contribution in [0.4, 0.5) is 5.82 Å². The first-order valence-corrected chi connectivity index (χ1v) is 13.6. The smallest absolute Gasteiger partial charge is 0.267 e. The van der Waals surface area contributed by atoms with E-state index in [2.05, 4.69) is 18.7 Å². The number of thioether (sulfide) groups is 1. The van der Waals surface area contributed by atoms with Crippen LogP contribution >= 0.6 is 24.0 Å². The Morgan fingerprint density at radius 3 is 2.47 bits per heavy atom. The second kappa shape index (κ2) is 9.82. The van der Waals surface area contributed by atoms with E-state index >= 15 is 0 Å². The van der Waals surface area contributed by atoms with E-state index in [4.69, 9.17) is 17.2 Å². The van der Waals surface area contributed by atoms with Crippen molar-refractivity contribution in [2.45, 2.75) is 40.2 Å². The number of carbonyl (C=O) groups excluding carboxylic acids is 1. The first-order chi connectivity index (χ1) is 17.2. The molecule has 3 aromatic rings. The average molecular weight is 519 g/mol. The van der Waals surface area contributed by atoms with Gasteiger partial charge in [0.25, 0.3) is 11.5 Å². The summed E-state index contributed by atoms with van der Waals surface area (Å²) in [6, 6.07) is 13.4. The number of hydrogen-bond acceptors (Lipinski definition) is 6. The Hall–Kier alpha value is -2.97. The summed E-state index contributed by atoms with van der Waals surface area (Å²) in [7, 11) is 0. The summed E-state index contributed by atoms with van der Waals surface area (Å²) in [6.45, 7) is 10.1. The molecule has 2 fully saturated rings. The fourth-order valence-corrected chi connectivity index (χ4v) is 6.73. The van der Waals surface area contributed by atoms with Gasteiger partial charge in [-0.2, -0.15) is 0 Å². The van der Waals surface area contributed by atoms with Gasteiger partial charge in [0, 0.05) is 19.3 Å². The Balaban J connectivity index is 1.62. The Bertz CT molecular complexity index is 1420. The van der Waals surface area contributed by atoms with E-state index in [0.29, 0.717) is 38.1 Å². The van der Waals surface area contributed by atoms with Crippen LogP contribution in [0, 0.1) is 18.8 Å². The highest BCUT2D eigenvalue weighted by Gasteiger charge is 2.37. The molecule has 4 heterocycles. The van der Waals surface area contributed by atoms with Gasteiger partial charge in [-0.3, -0.25) is 18.9 Å². The van der Waals surface area contributed by atoms with Gasteiger partial charge >= 0.3 is 0 Å². The molecule has 0 saturated carbocycles. The lowest BCUT2D eigenvalue weighted by atomic mass is 9.91. The van der Waals surface area contributed by atoms with E-state index in [1.54, 1.807) is 21.6 Å². The number of fused-ring (bicyclic) bond motifs is 1. The second-order valence-electron chi connectivity index (χ2n) is 10.0. The Morgan fingerprint density at radius 1 is 1.08 bits per heavy atom. The van der Waals surface area contributed by atoms with Crippen LogP contribution < -0.4 is 10.5 Å². The molecule has 0 radical (unpaired) electrons. The van der Waals surface area contributed by atoms with Crippen molar-refractivity contribution >= 4 is 51.7 Å². The first-order valence-electron chi connectivity index (χ1n) is 12.3. The van der Waals surface area contributed by atoms with E-state index in [0.717, 1.165) is 30.6 Å². The molecule has 0 spiro atoms. The maximum absolute atomic E-state index is 13.8. The SMILES string of the molecule is Cc1cccn2c(=O)c(C=C3SC(=S)N(C(C)c4ccccc4)C3=O)c(N3CC(C)CC(C)C3)nc12. The fraction of sp³-hybridized carbons (Fsp3) is 0.357. The van der Waals surface area contributed by atoms with Crippen LogP contribution in [0.25, 0.3) is 11.7 Å². The van der Waals surface area contributed by atoms with E-state index < -0.39 is 0 Å². The van der Waals surface area contributed by atoms with Gasteiger partial charge in [-0.1, -0.05) is 74.2 Å². The Morgan fingerprint density at radius 2 is 1.78 bits per heavy atom. The Kier molecular flexibility index (Phi) is 6.74. The van der Waals surface area contributed by atoms with Crippen LogP contribution in [-0.2, 0) is 4.79 Å². The van der Waals surface area contributed by atoms with E-state index in [1.807, 2.05) is 56.3 Å². The monoisotopic (exact) mass is 518 g/mol. The molecule has 186 valence electrons. The summed E-state index contributed by atoms with van der Waals surface area (Å²) in [5, 5.41) is 0. The van der Waals surface area contributed by atoms with Gasteiger partial charge in [0.05, 0.1) is 16.5 Å². The van der Waals surface area contributed by atoms with Crippen molar-refractivity contribution < 1.29 is 4.79 Å². The normalized spacial score (nSPS) is 22.6. The van der Waals surface area contributed by atoms with Crippen molar-refractivity contribution in [2.75, 3.05) is 18.0 Å². The van der Waals surface area contributed by atoms with Gasteiger partial charge < -0.3 is 4.90 Å². The molecule has 36 heavy (non-hydrogen) atoms. The van der Waals surface area contributed by atoms with Crippen molar-refractivity contribution in [2.24, 2.45) is 11.8 Å². The summed E-state index contributed by atoms with van der Waals surface area (Å²) in [5.74, 6) is 1.45. The molecule has 0 N–H and O–H groups in total. The van der Waals surface area contributed by atoms with Gasteiger partial charge in [-0.15, -0.1) is 0 Å². The predicted octanol–water partition coefficient (Wildman–Crippen LogP) is 5.45. The van der Waals surface area contributed by atoms with Gasteiger partial charge in [-0.25, -0.2) is 4.98 Å². The van der Waals surface area contributed by atoms with E-state index in [9.17, 15) is 9.59 Å². The minimum absolute atomic E-state index is 0.175. The maximum Gasteiger partial charge on any atom is 0.267 e. The molecule has 5 rings (SSSR count). The molecule has 2 aliphatic rings. The van der Waals surface area contributed by atoms with Crippen molar-refractivity contribution in [3.63, 3.8) is 0 Å². The highest BCUT2D eigenvalue weighted by molar-refractivity contribution is 8.26. The number of aryl methyl sites for hydroxylation is 1. The van der Waals surface area contributed by atoms with E-state index in [-0.39, 0.29) is 17.5 Å². The number of benzene rings is 1. The number of rotatable bonds is 4. The average Bonchev–Trinajstić information content (AvgIpc) is 3.13. The summed E-state index contributed by atoms with van der Waals surface area (Å²) in [4.78, 5) is 36.7. The zero-order valence-electron chi connectivity index (χ0n) is 21.0. The zero-order valence-corrected chi connectivity index (χ0v) is 22.6. The minimum atomic E-state index is -0.202. The molecular weight excluding hydrogens is 488 g/mol. The first kappa shape index (κ1) is 24.7. The van der Waals surface area contributed by atoms with Crippen LogP contribution in [-0.4, -0.2) is 37.6 Å². The summed E-state index contributed by atoms with van der Waals surface area (Å²) >= 11 is 6.87. The maximum atomic E-state index is 13.8. The lowest BCUT2D eigenvalue weighted by molar-refractivity contribution is -0.123. The quantitative estimate of drug-likeness (QED) is 0.338. The third-order valence-electron chi connectivity index (χ3n) is 7.00. The molecule has 6 nitrogen and oxygen atoms in total. The molecule has 2 aromatic heterocycles. The summed E-state index contributed by atoms with van der Waals surface area (Å²) < 4.78 is 2.07. The standard InChI is InChI=1S/C28H30N4O2S2/c1-17-13-18(2)16-30(15-17)25-22(26(33)31-12-8-9-19(3)24(31)29-25)14-23-27(34)32(28(35)36-23)20(4)21-10-6-5-7-11-21/h5-12,14,17-18,20H,13,15-16H2,1-4H3. The number of anilines is 1. The van der Waals surface area contributed by atoms with Gasteiger partial charge in [0.15, 0.2) is 0 Å². The number of amides is 1. The van der Waals surface area contributed by atoms with Crippen molar-refractivity contribution in [1.82, 2.24) is 14.3 Å². The molecule has 2 saturated heterocycles. The number of aromatic nitrogens is 2. The highest BCUT2D eigenvalue weighted by Crippen LogP contribution is 2.39.